The predicted octanol–water partition coefficient (Wildman–Crippen LogP) is 1.92. The Morgan fingerprint density at radius 1 is 1.07 bits per heavy atom. The van der Waals surface area contributed by atoms with Crippen LogP contribution < -0.4 is 10.6 Å². The molecule has 3 heterocycles. The van der Waals surface area contributed by atoms with Gasteiger partial charge in [-0.25, -0.2) is 9.59 Å². The third-order valence-corrected chi connectivity index (χ3v) is 3.56. The highest BCUT2D eigenvalue weighted by Gasteiger charge is 2.13. The van der Waals surface area contributed by atoms with Crippen LogP contribution >= 0.6 is 0 Å². The summed E-state index contributed by atoms with van der Waals surface area (Å²) in [6, 6.07) is 5.61. The Bertz CT molecular complexity index is 604. The molecule has 8 heteroatoms. The van der Waals surface area contributed by atoms with Crippen molar-refractivity contribution in [3.63, 3.8) is 0 Å². The number of ether oxygens (including phenoxy) is 2. The van der Waals surface area contributed by atoms with E-state index in [0.717, 1.165) is 39.5 Å². The first-order valence-electron chi connectivity index (χ1n) is 8.97. The molecule has 0 spiro atoms. The van der Waals surface area contributed by atoms with Gasteiger partial charge in [0.2, 0.25) is 12.2 Å². The van der Waals surface area contributed by atoms with Crippen LogP contribution in [-0.4, -0.2) is 63.8 Å². The summed E-state index contributed by atoms with van der Waals surface area (Å²) in [5.74, 6) is 0. The van der Waals surface area contributed by atoms with Crippen molar-refractivity contribution in [1.29, 1.82) is 0 Å². The number of piperazine rings is 1. The number of carbonyl (C=O) groups excluding carboxylic acids is 2. The minimum atomic E-state index is 0.464. The van der Waals surface area contributed by atoms with Gasteiger partial charge < -0.3 is 20.1 Å². The first-order chi connectivity index (χ1) is 13.1. The molecule has 0 amide bonds. The molecule has 148 valence electrons. The second-order valence-corrected chi connectivity index (χ2v) is 6.14. The third kappa shape index (κ3) is 12.8. The smallest absolute Gasteiger partial charge is 0.240 e. The average Bonchev–Trinajstić information content (AvgIpc) is 3.56. The highest BCUT2D eigenvalue weighted by Crippen LogP contribution is 2.26. The number of rotatable bonds is 2. The van der Waals surface area contributed by atoms with Crippen LogP contribution in [0.1, 0.15) is 19.4 Å². The Balaban J connectivity index is 0.000000213. The Labute approximate surface area is 160 Å². The molecule has 0 saturated carbocycles. The van der Waals surface area contributed by atoms with E-state index < -0.39 is 0 Å². The van der Waals surface area contributed by atoms with Crippen LogP contribution in [0.2, 0.25) is 0 Å². The first kappa shape index (κ1) is 22.9. The number of nitrogens with one attached hydrogen (secondary N) is 2. The molecule has 0 radical (unpaired) electrons. The van der Waals surface area contributed by atoms with E-state index in [2.05, 4.69) is 39.2 Å². The molecule has 1 aromatic carbocycles. The quantitative estimate of drug-likeness (QED) is 0.464. The van der Waals surface area contributed by atoms with Gasteiger partial charge in [-0.05, 0) is 32.9 Å². The molecule has 1 aromatic rings. The van der Waals surface area contributed by atoms with Crippen LogP contribution in [0.4, 0.5) is 11.4 Å². The summed E-state index contributed by atoms with van der Waals surface area (Å²) < 4.78 is 9.21. The third-order valence-electron chi connectivity index (χ3n) is 3.56. The molecule has 4 rings (SSSR count). The lowest BCUT2D eigenvalue weighted by molar-refractivity contribution is 0.423. The molecule has 3 aliphatic heterocycles. The van der Waals surface area contributed by atoms with Gasteiger partial charge in [0.05, 0.1) is 37.3 Å². The van der Waals surface area contributed by atoms with Gasteiger partial charge in [-0.2, -0.15) is 9.98 Å². The molecule has 0 aliphatic carbocycles. The van der Waals surface area contributed by atoms with E-state index in [4.69, 9.17) is 4.74 Å². The van der Waals surface area contributed by atoms with E-state index in [1.165, 1.54) is 12.2 Å². The van der Waals surface area contributed by atoms with E-state index in [9.17, 15) is 9.59 Å². The number of nitrogens with zero attached hydrogens (tertiary/aromatic N) is 2. The van der Waals surface area contributed by atoms with Crippen molar-refractivity contribution in [2.75, 3.05) is 39.5 Å². The number of aliphatic imine (C=N–C) groups is 2. The number of epoxide rings is 2. The summed E-state index contributed by atoms with van der Waals surface area (Å²) >= 11 is 0. The lowest BCUT2D eigenvalue weighted by Gasteiger charge is -2.19. The first-order valence-corrected chi connectivity index (χ1v) is 8.97. The van der Waals surface area contributed by atoms with E-state index in [0.29, 0.717) is 29.1 Å². The summed E-state index contributed by atoms with van der Waals surface area (Å²) in [4.78, 5) is 26.9. The normalized spacial score (nSPS) is 21.1. The molecule has 2 atom stereocenters. The zero-order chi connectivity index (χ0) is 19.9. The fourth-order valence-electron chi connectivity index (χ4n) is 1.85. The fraction of sp³-hybridized carbons (Fsp3) is 0.579. The Hall–Kier alpha value is -2.18. The predicted molar refractivity (Wildman–Crippen MR) is 103 cm³/mol. The van der Waals surface area contributed by atoms with Crippen LogP contribution in [0.3, 0.4) is 0 Å². The monoisotopic (exact) mass is 376 g/mol. The van der Waals surface area contributed by atoms with Gasteiger partial charge in [0, 0.05) is 31.2 Å². The molecule has 8 nitrogen and oxygen atoms in total. The van der Waals surface area contributed by atoms with Crippen molar-refractivity contribution >= 4 is 23.5 Å². The number of benzene rings is 1. The SMILES string of the molecule is C1CO1.CC1CNCCN1.CC1CO1.Cc1c(N=C=O)cccc1N=C=O. The van der Waals surface area contributed by atoms with Gasteiger partial charge in [0.15, 0.2) is 0 Å². The van der Waals surface area contributed by atoms with Gasteiger partial charge >= 0.3 is 0 Å². The minimum absolute atomic E-state index is 0.464. The van der Waals surface area contributed by atoms with E-state index in [1.54, 1.807) is 25.1 Å². The molecule has 0 aromatic heterocycles. The van der Waals surface area contributed by atoms with Crippen molar-refractivity contribution in [3.05, 3.63) is 23.8 Å². The van der Waals surface area contributed by atoms with Gasteiger partial charge in [-0.3, -0.25) is 0 Å². The van der Waals surface area contributed by atoms with E-state index in [1.807, 2.05) is 0 Å². The van der Waals surface area contributed by atoms with Crippen molar-refractivity contribution in [2.24, 2.45) is 9.98 Å². The van der Waals surface area contributed by atoms with Crippen LogP contribution in [0.5, 0.6) is 0 Å². The molecule has 27 heavy (non-hydrogen) atoms. The average molecular weight is 376 g/mol. The molecular formula is C19H28N4O4. The summed E-state index contributed by atoms with van der Waals surface area (Å²) in [7, 11) is 0. The lowest BCUT2D eigenvalue weighted by atomic mass is 10.1. The zero-order valence-corrected chi connectivity index (χ0v) is 16.2. The van der Waals surface area contributed by atoms with Crippen molar-refractivity contribution in [3.8, 4) is 0 Å². The van der Waals surface area contributed by atoms with Gasteiger partial charge in [0.25, 0.3) is 0 Å². The molecule has 3 fully saturated rings. The molecule has 0 bridgehead atoms. The van der Waals surface area contributed by atoms with Crippen LogP contribution in [0, 0.1) is 6.92 Å². The maximum Gasteiger partial charge on any atom is 0.240 e. The second-order valence-electron chi connectivity index (χ2n) is 6.14. The zero-order valence-electron chi connectivity index (χ0n) is 16.2. The molecule has 2 unspecified atom stereocenters. The largest absolute Gasteiger partial charge is 0.377 e. The standard InChI is InChI=1S/C9H6N2O2.C5H12N2.C3H6O.C2H4O/c1-7-8(10-5-12)3-2-4-9(7)11-6-13;1-5-4-6-2-3-7-5;1-3-2-4-3;1-2-3-1/h2-4H,1H3;5-7H,2-4H2,1H3;3H,2H2,1H3;1-2H2. The Morgan fingerprint density at radius 3 is 1.85 bits per heavy atom. The highest BCUT2D eigenvalue weighted by molar-refractivity contribution is 5.64. The molecule has 2 N–H and O–H groups in total. The summed E-state index contributed by atoms with van der Waals surface area (Å²) in [5, 5.41) is 6.59. The Kier molecular flexibility index (Phi) is 11.8. The Morgan fingerprint density at radius 2 is 1.59 bits per heavy atom. The second kappa shape index (κ2) is 13.9. The summed E-state index contributed by atoms with van der Waals surface area (Å²) in [5.41, 5.74) is 1.59. The van der Waals surface area contributed by atoms with Crippen LogP contribution in [0.25, 0.3) is 0 Å². The van der Waals surface area contributed by atoms with Crippen LogP contribution in [-0.2, 0) is 19.1 Å². The maximum absolute atomic E-state index is 10.00. The number of isocyanates is 2. The van der Waals surface area contributed by atoms with Gasteiger partial charge in [-0.1, -0.05) is 6.07 Å². The molecular weight excluding hydrogens is 348 g/mol. The highest BCUT2D eigenvalue weighted by atomic mass is 16.6. The van der Waals surface area contributed by atoms with E-state index in [-0.39, 0.29) is 0 Å². The van der Waals surface area contributed by atoms with Crippen molar-refractivity contribution < 1.29 is 19.1 Å². The minimum Gasteiger partial charge on any atom is -0.377 e. The molecule has 3 aliphatic rings. The summed E-state index contributed by atoms with van der Waals surface area (Å²) in [6.45, 7) is 12.3. The number of hydrogen-bond acceptors (Lipinski definition) is 8. The number of hydrogen-bond donors (Lipinski definition) is 2. The van der Waals surface area contributed by atoms with Crippen molar-refractivity contribution in [1.82, 2.24) is 10.6 Å². The maximum atomic E-state index is 10.00. The van der Waals surface area contributed by atoms with E-state index >= 15 is 0 Å². The van der Waals surface area contributed by atoms with Crippen molar-refractivity contribution in [2.45, 2.75) is 32.9 Å². The topological polar surface area (TPSA) is 108 Å². The van der Waals surface area contributed by atoms with Gasteiger partial charge in [-0.15, -0.1) is 0 Å². The summed E-state index contributed by atoms with van der Waals surface area (Å²) in [6.07, 6.45) is 3.44. The lowest BCUT2D eigenvalue weighted by Crippen LogP contribution is -2.46. The fourth-order valence-corrected chi connectivity index (χ4v) is 1.85. The van der Waals surface area contributed by atoms with Crippen LogP contribution in [0.15, 0.2) is 28.2 Å². The molecule has 3 saturated heterocycles. The van der Waals surface area contributed by atoms with Gasteiger partial charge in [0.1, 0.15) is 0 Å².